The molecule has 1 heterocycles. The molecule has 1 aliphatic heterocycles. The molecule has 0 fully saturated rings. The summed E-state index contributed by atoms with van der Waals surface area (Å²) in [5.41, 5.74) is 5.44. The first kappa shape index (κ1) is 10.5. The van der Waals surface area contributed by atoms with E-state index in [0.29, 0.717) is 12.0 Å². The third-order valence-electron chi connectivity index (χ3n) is 3.53. The molecule has 3 nitrogen and oxygen atoms in total. The fourth-order valence-electron chi connectivity index (χ4n) is 2.67. The van der Waals surface area contributed by atoms with Crippen LogP contribution < -0.4 is 5.73 Å². The van der Waals surface area contributed by atoms with Crippen LogP contribution in [0.25, 0.3) is 0 Å². The Hall–Kier alpha value is -1.65. The summed E-state index contributed by atoms with van der Waals surface area (Å²) in [5.74, 6) is -3.01. The molecular weight excluding hydrogens is 226 g/mol. The lowest BCUT2D eigenvalue weighted by molar-refractivity contribution is -0.121. The molecule has 0 saturated carbocycles. The lowest BCUT2D eigenvalue weighted by Gasteiger charge is -2.37. The number of halogens is 2. The maximum absolute atomic E-state index is 14.1. The number of nitrogens with zero attached hydrogens (tertiary/aromatic N) is 1. The minimum Gasteiger partial charge on any atom is -0.459 e. The van der Waals surface area contributed by atoms with Crippen molar-refractivity contribution in [1.82, 2.24) is 0 Å². The Morgan fingerprint density at radius 1 is 1.29 bits per heavy atom. The van der Waals surface area contributed by atoms with Crippen LogP contribution in [0, 0.1) is 0 Å². The predicted molar refractivity (Wildman–Crippen MR) is 59.0 cm³/mol. The van der Waals surface area contributed by atoms with Gasteiger partial charge in [-0.1, -0.05) is 24.3 Å². The van der Waals surface area contributed by atoms with E-state index in [0.717, 1.165) is 5.56 Å². The molecule has 1 aromatic rings. The van der Waals surface area contributed by atoms with Gasteiger partial charge in [-0.25, -0.2) is 4.99 Å². The zero-order valence-electron chi connectivity index (χ0n) is 9.12. The third kappa shape index (κ3) is 1.28. The third-order valence-corrected chi connectivity index (χ3v) is 3.53. The molecule has 0 radical (unpaired) electrons. The molecule has 90 valence electrons. The molecule has 1 atom stereocenters. The van der Waals surface area contributed by atoms with E-state index in [9.17, 15) is 8.78 Å². The highest BCUT2D eigenvalue weighted by atomic mass is 19.3. The van der Waals surface area contributed by atoms with Crippen molar-refractivity contribution in [1.29, 1.82) is 0 Å². The molecule has 0 saturated heterocycles. The summed E-state index contributed by atoms with van der Waals surface area (Å²) in [6.07, 6.45) is 0.881. The Labute approximate surface area is 97.3 Å². The number of hydrogen-bond donors (Lipinski definition) is 1. The van der Waals surface area contributed by atoms with Gasteiger partial charge in [0.15, 0.2) is 12.1 Å². The van der Waals surface area contributed by atoms with Crippen molar-refractivity contribution in [2.75, 3.05) is 6.61 Å². The maximum atomic E-state index is 14.1. The number of hydrogen-bond acceptors (Lipinski definition) is 3. The Bertz CT molecular complexity index is 501. The van der Waals surface area contributed by atoms with Gasteiger partial charge < -0.3 is 10.5 Å². The van der Waals surface area contributed by atoms with Gasteiger partial charge in [0.1, 0.15) is 0 Å². The Balaban J connectivity index is 2.22. The van der Waals surface area contributed by atoms with E-state index in [2.05, 4.69) is 9.73 Å². The molecule has 1 spiro atoms. The van der Waals surface area contributed by atoms with Crippen molar-refractivity contribution < 1.29 is 13.5 Å². The standard InChI is InChI=1S/C12H12F2N2O/c13-12(14)7-17-10(15)16-11(12)6-5-8-3-1-2-4-9(8)11/h1-4H,5-7H2,(H2,15,16). The van der Waals surface area contributed by atoms with E-state index in [4.69, 9.17) is 5.73 Å². The zero-order valence-corrected chi connectivity index (χ0v) is 9.12. The van der Waals surface area contributed by atoms with Gasteiger partial charge >= 0.3 is 5.92 Å². The molecule has 3 rings (SSSR count). The second-order valence-corrected chi connectivity index (χ2v) is 4.46. The Morgan fingerprint density at radius 3 is 2.88 bits per heavy atom. The van der Waals surface area contributed by atoms with Crippen molar-refractivity contribution >= 4 is 6.02 Å². The summed E-state index contributed by atoms with van der Waals surface area (Å²) in [7, 11) is 0. The first-order valence-corrected chi connectivity index (χ1v) is 5.49. The SMILES string of the molecule is NC1=NC2(CCc3ccccc32)C(F)(F)CO1. The summed E-state index contributed by atoms with van der Waals surface area (Å²) < 4.78 is 32.9. The van der Waals surface area contributed by atoms with Crippen LogP contribution in [0.2, 0.25) is 0 Å². The van der Waals surface area contributed by atoms with E-state index < -0.39 is 18.1 Å². The minimum atomic E-state index is -3.01. The molecular formula is C12H12F2N2O. The molecule has 0 bridgehead atoms. The van der Waals surface area contributed by atoms with Gasteiger partial charge in [0.05, 0.1) is 0 Å². The monoisotopic (exact) mass is 238 g/mol. The smallest absolute Gasteiger partial charge is 0.310 e. The number of benzene rings is 1. The molecule has 17 heavy (non-hydrogen) atoms. The van der Waals surface area contributed by atoms with E-state index in [-0.39, 0.29) is 12.4 Å². The zero-order chi connectivity index (χ0) is 12.1. The van der Waals surface area contributed by atoms with E-state index in [1.165, 1.54) is 0 Å². The van der Waals surface area contributed by atoms with Crippen molar-refractivity contribution in [3.05, 3.63) is 35.4 Å². The van der Waals surface area contributed by atoms with Crippen molar-refractivity contribution in [2.45, 2.75) is 24.3 Å². The molecule has 2 aliphatic rings. The Morgan fingerprint density at radius 2 is 2.06 bits per heavy atom. The van der Waals surface area contributed by atoms with Gasteiger partial charge in [-0.05, 0) is 24.0 Å². The molecule has 2 N–H and O–H groups in total. The van der Waals surface area contributed by atoms with Gasteiger partial charge in [0.25, 0.3) is 6.02 Å². The van der Waals surface area contributed by atoms with Gasteiger partial charge in [-0.3, -0.25) is 0 Å². The van der Waals surface area contributed by atoms with Gasteiger partial charge in [0.2, 0.25) is 0 Å². The maximum Gasteiger partial charge on any atom is 0.310 e. The largest absolute Gasteiger partial charge is 0.459 e. The van der Waals surface area contributed by atoms with Gasteiger partial charge in [-0.15, -0.1) is 0 Å². The highest BCUT2D eigenvalue weighted by Crippen LogP contribution is 2.51. The van der Waals surface area contributed by atoms with E-state index in [1.54, 1.807) is 12.1 Å². The number of alkyl halides is 2. The first-order valence-electron chi connectivity index (χ1n) is 5.49. The van der Waals surface area contributed by atoms with Crippen LogP contribution in [0.5, 0.6) is 0 Å². The fourth-order valence-corrected chi connectivity index (χ4v) is 2.67. The van der Waals surface area contributed by atoms with Gasteiger partial charge in [0, 0.05) is 0 Å². The average molecular weight is 238 g/mol. The number of ether oxygens (including phenoxy) is 1. The van der Waals surface area contributed by atoms with Crippen LogP contribution in [-0.2, 0) is 16.7 Å². The number of aliphatic imine (C=N–C) groups is 1. The minimum absolute atomic E-state index is 0.146. The first-order chi connectivity index (χ1) is 8.05. The lowest BCUT2D eigenvalue weighted by atomic mass is 9.85. The van der Waals surface area contributed by atoms with Crippen LogP contribution in [0.4, 0.5) is 8.78 Å². The number of amidine groups is 1. The van der Waals surface area contributed by atoms with Crippen LogP contribution in [0.3, 0.4) is 0 Å². The molecule has 0 amide bonds. The Kier molecular flexibility index (Phi) is 1.97. The number of aryl methyl sites for hydroxylation is 1. The van der Waals surface area contributed by atoms with Crippen LogP contribution in [0.1, 0.15) is 17.5 Å². The highest BCUT2D eigenvalue weighted by molar-refractivity contribution is 5.73. The molecule has 0 aromatic heterocycles. The molecule has 5 heteroatoms. The van der Waals surface area contributed by atoms with E-state index in [1.807, 2.05) is 12.1 Å². The summed E-state index contributed by atoms with van der Waals surface area (Å²) in [6.45, 7) is -0.698. The summed E-state index contributed by atoms with van der Waals surface area (Å²) in [5, 5.41) is 0. The molecule has 1 aliphatic carbocycles. The molecule has 1 aromatic carbocycles. The number of nitrogens with two attached hydrogens (primary N) is 1. The summed E-state index contributed by atoms with van der Waals surface area (Å²) in [4.78, 5) is 3.93. The van der Waals surface area contributed by atoms with Crippen molar-refractivity contribution in [2.24, 2.45) is 10.7 Å². The number of rotatable bonds is 0. The van der Waals surface area contributed by atoms with Crippen molar-refractivity contribution in [3.63, 3.8) is 0 Å². The molecule has 1 unspecified atom stereocenters. The summed E-state index contributed by atoms with van der Waals surface area (Å²) in [6, 6.07) is 7.03. The van der Waals surface area contributed by atoms with Crippen LogP contribution in [-0.4, -0.2) is 18.6 Å². The fraction of sp³-hybridized carbons (Fsp3) is 0.417. The quantitative estimate of drug-likeness (QED) is 0.749. The topological polar surface area (TPSA) is 47.6 Å². The van der Waals surface area contributed by atoms with Gasteiger partial charge in [-0.2, -0.15) is 8.78 Å². The highest BCUT2D eigenvalue weighted by Gasteiger charge is 2.60. The lowest BCUT2D eigenvalue weighted by Crippen LogP contribution is -2.51. The number of fused-ring (bicyclic) bond motifs is 2. The van der Waals surface area contributed by atoms with Crippen molar-refractivity contribution in [3.8, 4) is 0 Å². The van der Waals surface area contributed by atoms with E-state index >= 15 is 0 Å². The predicted octanol–water partition coefficient (Wildman–Crippen LogP) is 1.81. The van der Waals surface area contributed by atoms with Crippen LogP contribution in [0.15, 0.2) is 29.3 Å². The second kappa shape index (κ2) is 3.18. The summed E-state index contributed by atoms with van der Waals surface area (Å²) >= 11 is 0. The normalized spacial score (nSPS) is 29.6. The average Bonchev–Trinajstić information content (AvgIpc) is 2.66. The van der Waals surface area contributed by atoms with Crippen LogP contribution >= 0.6 is 0 Å². The second-order valence-electron chi connectivity index (χ2n) is 4.46.